The number of sulfonamides is 1. The number of hydrogen-bond acceptors (Lipinski definition) is 6. The van der Waals surface area contributed by atoms with Crippen molar-refractivity contribution in [1.29, 1.82) is 0 Å². The van der Waals surface area contributed by atoms with Gasteiger partial charge in [0.1, 0.15) is 0 Å². The van der Waals surface area contributed by atoms with Gasteiger partial charge in [-0.2, -0.15) is 0 Å². The number of fused-ring (bicyclic) bond motifs is 1. The van der Waals surface area contributed by atoms with Crippen LogP contribution in [-0.4, -0.2) is 34.0 Å². The van der Waals surface area contributed by atoms with Crippen molar-refractivity contribution >= 4 is 21.5 Å². The van der Waals surface area contributed by atoms with Gasteiger partial charge in [-0.15, -0.1) is 0 Å². The average molecular weight is 507 g/mol. The van der Waals surface area contributed by atoms with Crippen LogP contribution in [0.5, 0.6) is 11.5 Å². The minimum Gasteiger partial charge on any atom is -0.490 e. The number of ether oxygens (including phenoxy) is 2. The minimum absolute atomic E-state index is 0.136. The molecule has 0 saturated carbocycles. The second-order valence-electron chi connectivity index (χ2n) is 8.20. The highest BCUT2D eigenvalue weighted by atomic mass is 32.2. The number of carbonyl (C=O) groups excluding carboxylic acids is 1. The lowest BCUT2D eigenvalue weighted by Gasteiger charge is -2.31. The van der Waals surface area contributed by atoms with Crippen molar-refractivity contribution in [1.82, 2.24) is 5.32 Å². The molecule has 36 heavy (non-hydrogen) atoms. The van der Waals surface area contributed by atoms with E-state index in [1.165, 1.54) is 10.5 Å². The zero-order valence-corrected chi connectivity index (χ0v) is 21.3. The molecule has 1 aliphatic rings. The minimum atomic E-state index is -4.05. The van der Waals surface area contributed by atoms with E-state index in [-0.39, 0.29) is 11.4 Å². The van der Waals surface area contributed by atoms with Gasteiger partial charge in [0.25, 0.3) is 10.0 Å². The summed E-state index contributed by atoms with van der Waals surface area (Å²) < 4.78 is 39.7. The highest BCUT2D eigenvalue weighted by Gasteiger charge is 2.39. The Balaban J connectivity index is 1.54. The Morgan fingerprint density at radius 2 is 1.56 bits per heavy atom. The number of allylic oxidation sites excluding steroid dienone is 1. The first kappa shape index (κ1) is 25.3. The molecule has 0 radical (unpaired) electrons. The summed E-state index contributed by atoms with van der Waals surface area (Å²) in [6.07, 6.45) is 1.93. The smallest absolute Gasteiger partial charge is 0.270 e. The first-order valence-corrected chi connectivity index (χ1v) is 13.4. The summed E-state index contributed by atoms with van der Waals surface area (Å²) in [4.78, 5) is 12.9. The van der Waals surface area contributed by atoms with Crippen LogP contribution in [-0.2, 0) is 23.0 Å². The van der Waals surface area contributed by atoms with Gasteiger partial charge < -0.3 is 14.8 Å². The molecule has 3 aromatic carbocycles. The van der Waals surface area contributed by atoms with Crippen molar-refractivity contribution in [3.05, 3.63) is 101 Å². The zero-order valence-electron chi connectivity index (χ0n) is 20.4. The van der Waals surface area contributed by atoms with Crippen LogP contribution in [0.2, 0.25) is 0 Å². The lowest BCUT2D eigenvalue weighted by molar-refractivity contribution is 0.104. The number of rotatable bonds is 10. The summed E-state index contributed by atoms with van der Waals surface area (Å²) in [5, 5.41) is 3.04. The van der Waals surface area contributed by atoms with E-state index in [1.54, 1.807) is 24.3 Å². The summed E-state index contributed by atoms with van der Waals surface area (Å²) in [5.74, 6) is 0.852. The maximum atomic E-state index is 13.5. The van der Waals surface area contributed by atoms with E-state index in [1.807, 2.05) is 62.4 Å². The Bertz CT molecular complexity index is 1350. The third kappa shape index (κ3) is 5.39. The second kappa shape index (κ2) is 11.3. The Labute approximate surface area is 212 Å². The number of carbonyl (C=O) groups is 1. The molecule has 7 nitrogen and oxygen atoms in total. The van der Waals surface area contributed by atoms with E-state index in [0.29, 0.717) is 48.9 Å². The summed E-state index contributed by atoms with van der Waals surface area (Å²) in [7, 11) is -4.05. The van der Waals surface area contributed by atoms with Crippen LogP contribution in [0.1, 0.15) is 35.3 Å². The van der Waals surface area contributed by atoms with Gasteiger partial charge in [0, 0.05) is 18.3 Å². The fourth-order valence-electron chi connectivity index (χ4n) is 4.07. The largest absolute Gasteiger partial charge is 0.490 e. The molecule has 0 aromatic heterocycles. The molecule has 0 aliphatic carbocycles. The number of para-hydroxylation sites is 1. The summed E-state index contributed by atoms with van der Waals surface area (Å²) in [6.45, 7) is 5.47. The van der Waals surface area contributed by atoms with E-state index in [9.17, 15) is 13.2 Å². The SMILES string of the molecule is CCOc1ccc(CCNC=C2C(=O)c3ccccc3N(Cc3ccccc3)S2(=O)=O)cc1OCC. The molecule has 0 fully saturated rings. The third-order valence-corrected chi connectivity index (χ3v) is 7.54. The Hall–Kier alpha value is -3.78. The molecule has 0 spiro atoms. The van der Waals surface area contributed by atoms with E-state index < -0.39 is 15.8 Å². The number of nitrogens with one attached hydrogen (secondary N) is 1. The first-order chi connectivity index (χ1) is 17.5. The third-order valence-electron chi connectivity index (χ3n) is 5.78. The molecule has 0 bridgehead atoms. The molecule has 0 amide bonds. The lowest BCUT2D eigenvalue weighted by Crippen LogP contribution is -2.39. The van der Waals surface area contributed by atoms with Crippen LogP contribution in [0, 0.1) is 0 Å². The predicted octanol–water partition coefficient (Wildman–Crippen LogP) is 4.69. The molecule has 1 heterocycles. The fourth-order valence-corrected chi connectivity index (χ4v) is 5.62. The average Bonchev–Trinajstić information content (AvgIpc) is 2.88. The maximum Gasteiger partial charge on any atom is 0.270 e. The van der Waals surface area contributed by atoms with Crippen molar-refractivity contribution in [3.63, 3.8) is 0 Å². The van der Waals surface area contributed by atoms with E-state index in [4.69, 9.17) is 9.47 Å². The molecular weight excluding hydrogens is 476 g/mol. The van der Waals surface area contributed by atoms with Crippen LogP contribution in [0.25, 0.3) is 0 Å². The van der Waals surface area contributed by atoms with Crippen molar-refractivity contribution in [3.8, 4) is 11.5 Å². The molecule has 1 N–H and O–H groups in total. The van der Waals surface area contributed by atoms with Gasteiger partial charge in [0.05, 0.1) is 25.4 Å². The van der Waals surface area contributed by atoms with Crippen LogP contribution in [0.4, 0.5) is 5.69 Å². The molecule has 0 atom stereocenters. The van der Waals surface area contributed by atoms with Crippen LogP contribution in [0.3, 0.4) is 0 Å². The first-order valence-electron chi connectivity index (χ1n) is 12.0. The van der Waals surface area contributed by atoms with Crippen LogP contribution >= 0.6 is 0 Å². The number of nitrogens with zero attached hydrogens (tertiary/aromatic N) is 1. The normalized spacial score (nSPS) is 15.4. The van der Waals surface area contributed by atoms with Gasteiger partial charge >= 0.3 is 0 Å². The number of ketones is 1. The topological polar surface area (TPSA) is 84.9 Å². The molecule has 4 rings (SSSR count). The van der Waals surface area contributed by atoms with E-state index >= 15 is 0 Å². The highest BCUT2D eigenvalue weighted by molar-refractivity contribution is 7.97. The van der Waals surface area contributed by atoms with Gasteiger partial charge in [-0.3, -0.25) is 9.10 Å². The van der Waals surface area contributed by atoms with E-state index in [2.05, 4.69) is 5.32 Å². The summed E-state index contributed by atoms with van der Waals surface area (Å²) >= 11 is 0. The Morgan fingerprint density at radius 3 is 2.31 bits per heavy atom. The van der Waals surface area contributed by atoms with Crippen molar-refractivity contribution in [2.45, 2.75) is 26.8 Å². The molecule has 3 aromatic rings. The van der Waals surface area contributed by atoms with Gasteiger partial charge in [0.2, 0.25) is 5.78 Å². The predicted molar refractivity (Wildman–Crippen MR) is 141 cm³/mol. The molecular formula is C28H30N2O5S. The maximum absolute atomic E-state index is 13.5. The summed E-state index contributed by atoms with van der Waals surface area (Å²) in [5.41, 5.74) is 2.59. The Morgan fingerprint density at radius 1 is 0.861 bits per heavy atom. The van der Waals surface area contributed by atoms with Crippen molar-refractivity contribution in [2.24, 2.45) is 0 Å². The molecule has 0 saturated heterocycles. The van der Waals surface area contributed by atoms with Gasteiger partial charge in [-0.1, -0.05) is 48.5 Å². The molecule has 0 unspecified atom stereocenters. The van der Waals surface area contributed by atoms with E-state index in [0.717, 1.165) is 11.1 Å². The van der Waals surface area contributed by atoms with Gasteiger partial charge in [-0.25, -0.2) is 8.42 Å². The number of hydrogen-bond donors (Lipinski definition) is 1. The second-order valence-corrected chi connectivity index (χ2v) is 10.0. The zero-order chi connectivity index (χ0) is 25.5. The van der Waals surface area contributed by atoms with Crippen LogP contribution < -0.4 is 19.1 Å². The van der Waals surface area contributed by atoms with Crippen molar-refractivity contribution in [2.75, 3.05) is 24.1 Å². The lowest BCUT2D eigenvalue weighted by atomic mass is 10.1. The standard InChI is InChI=1S/C28H30N2O5S/c1-3-34-25-15-14-21(18-26(25)35-4-2)16-17-29-19-27-28(31)23-12-8-9-13-24(23)30(36(27,32)33)20-22-10-6-5-7-11-22/h5-15,18-19,29H,3-4,16-17,20H2,1-2H3. The number of benzene rings is 3. The fraction of sp³-hybridized carbons (Fsp3) is 0.250. The van der Waals surface area contributed by atoms with Gasteiger partial charge in [0.15, 0.2) is 16.4 Å². The number of Topliss-reactive ketones (excluding diaryl/α,β-unsaturated/α-hetero) is 1. The van der Waals surface area contributed by atoms with Crippen molar-refractivity contribution < 1.29 is 22.7 Å². The Kier molecular flexibility index (Phi) is 7.95. The highest BCUT2D eigenvalue weighted by Crippen LogP contribution is 2.36. The molecule has 188 valence electrons. The molecule has 1 aliphatic heterocycles. The molecule has 8 heteroatoms. The number of anilines is 1. The van der Waals surface area contributed by atoms with Gasteiger partial charge in [-0.05, 0) is 55.7 Å². The quantitative estimate of drug-likeness (QED) is 0.317. The van der Waals surface area contributed by atoms with Crippen LogP contribution in [0.15, 0.2) is 83.9 Å². The summed E-state index contributed by atoms with van der Waals surface area (Å²) in [6, 6.07) is 21.9. The monoisotopic (exact) mass is 506 g/mol.